The van der Waals surface area contributed by atoms with E-state index >= 15 is 0 Å². The molecule has 0 spiro atoms. The monoisotopic (exact) mass is 590 g/mol. The molecule has 1 aromatic heterocycles. The third kappa shape index (κ3) is 7.57. The molecular formula is C30H34N4O5SSi. The Morgan fingerprint density at radius 1 is 0.927 bits per heavy atom. The maximum atomic E-state index is 13.6. The predicted octanol–water partition coefficient (Wildman–Crippen LogP) is 5.48. The number of sulfonamides is 1. The molecule has 41 heavy (non-hydrogen) atoms. The van der Waals surface area contributed by atoms with E-state index in [-0.39, 0.29) is 10.5 Å². The minimum Gasteiger partial charge on any atom is -0.360 e. The van der Waals surface area contributed by atoms with E-state index in [1.165, 1.54) is 28.9 Å². The van der Waals surface area contributed by atoms with E-state index in [0.29, 0.717) is 23.7 Å². The SMILES string of the molecule is Cn1nc(-c2ccccc2)cc1C(=O)Nc1ccc(S(=O)(=O)N(COCC[Si](C)(C)C)C(=O)c2ccccc2)cc1. The number of ether oxygens (including phenoxy) is 1. The molecule has 2 amide bonds. The van der Waals surface area contributed by atoms with Gasteiger partial charge in [0, 0.05) is 38.5 Å². The fourth-order valence-corrected chi connectivity index (χ4v) is 5.98. The highest BCUT2D eigenvalue weighted by Crippen LogP contribution is 2.23. The van der Waals surface area contributed by atoms with Crippen molar-refractivity contribution in [2.45, 2.75) is 30.6 Å². The molecule has 0 saturated heterocycles. The minimum atomic E-state index is -4.25. The number of aromatic nitrogens is 2. The quantitative estimate of drug-likeness (QED) is 0.141. The Balaban J connectivity index is 1.51. The first-order valence-corrected chi connectivity index (χ1v) is 18.3. The van der Waals surface area contributed by atoms with Gasteiger partial charge < -0.3 is 10.1 Å². The largest absolute Gasteiger partial charge is 0.360 e. The normalized spacial score (nSPS) is 11.7. The van der Waals surface area contributed by atoms with Gasteiger partial charge in [0.2, 0.25) is 0 Å². The van der Waals surface area contributed by atoms with Gasteiger partial charge in [0.25, 0.3) is 21.8 Å². The molecule has 4 aromatic rings. The summed E-state index contributed by atoms with van der Waals surface area (Å²) < 4.78 is 35.2. The summed E-state index contributed by atoms with van der Waals surface area (Å²) in [4.78, 5) is 26.2. The van der Waals surface area contributed by atoms with E-state index in [9.17, 15) is 18.0 Å². The van der Waals surface area contributed by atoms with Gasteiger partial charge in [0.05, 0.1) is 10.6 Å². The minimum absolute atomic E-state index is 0.0968. The number of carbonyl (C=O) groups excluding carboxylic acids is 2. The second kappa shape index (κ2) is 12.6. The van der Waals surface area contributed by atoms with Crippen molar-refractivity contribution < 1.29 is 22.7 Å². The Morgan fingerprint density at radius 3 is 2.15 bits per heavy atom. The summed E-state index contributed by atoms with van der Waals surface area (Å²) in [5, 5.41) is 7.20. The zero-order valence-electron chi connectivity index (χ0n) is 23.6. The summed E-state index contributed by atoms with van der Waals surface area (Å²) >= 11 is 0. The van der Waals surface area contributed by atoms with Crippen LogP contribution < -0.4 is 5.32 Å². The molecule has 0 radical (unpaired) electrons. The molecule has 0 bridgehead atoms. The van der Waals surface area contributed by atoms with Crippen molar-refractivity contribution in [3.05, 3.63) is 102 Å². The standard InChI is InChI=1S/C30H34N4O5SSi/c1-33-28(21-27(32-33)23-11-7-5-8-12-23)29(35)31-25-15-17-26(18-16-25)40(37,38)34(22-39-19-20-41(2,3)4)30(36)24-13-9-6-10-14-24/h5-18,21H,19-20,22H2,1-4H3,(H,31,35). The fraction of sp³-hybridized carbons (Fsp3) is 0.233. The molecule has 0 aliphatic rings. The van der Waals surface area contributed by atoms with Crippen LogP contribution >= 0.6 is 0 Å². The van der Waals surface area contributed by atoms with Crippen LogP contribution in [0.5, 0.6) is 0 Å². The van der Waals surface area contributed by atoms with Crippen molar-refractivity contribution in [3.63, 3.8) is 0 Å². The van der Waals surface area contributed by atoms with Crippen LogP contribution in [-0.2, 0) is 21.8 Å². The Kier molecular flexibility index (Phi) is 9.21. The highest BCUT2D eigenvalue weighted by Gasteiger charge is 2.30. The van der Waals surface area contributed by atoms with Crippen molar-refractivity contribution in [2.75, 3.05) is 18.7 Å². The average molecular weight is 591 g/mol. The third-order valence-electron chi connectivity index (χ3n) is 6.33. The number of nitrogens with one attached hydrogen (secondary N) is 1. The topological polar surface area (TPSA) is 111 Å². The average Bonchev–Trinajstić information content (AvgIpc) is 3.35. The lowest BCUT2D eigenvalue weighted by atomic mass is 10.1. The Labute approximate surface area is 241 Å². The Morgan fingerprint density at radius 2 is 1.54 bits per heavy atom. The van der Waals surface area contributed by atoms with Crippen LogP contribution in [-0.4, -0.2) is 55.7 Å². The van der Waals surface area contributed by atoms with Gasteiger partial charge in [-0.05, 0) is 48.5 Å². The maximum Gasteiger partial charge on any atom is 0.273 e. The van der Waals surface area contributed by atoms with Gasteiger partial charge >= 0.3 is 0 Å². The predicted molar refractivity (Wildman–Crippen MR) is 162 cm³/mol. The van der Waals surface area contributed by atoms with Crippen LogP contribution in [0.15, 0.2) is 95.9 Å². The van der Waals surface area contributed by atoms with Crippen LogP contribution in [0, 0.1) is 0 Å². The van der Waals surface area contributed by atoms with Crippen LogP contribution in [0.4, 0.5) is 5.69 Å². The zero-order valence-corrected chi connectivity index (χ0v) is 25.4. The number of carbonyl (C=O) groups is 2. The molecule has 1 N–H and O–H groups in total. The smallest absolute Gasteiger partial charge is 0.273 e. The van der Waals surface area contributed by atoms with E-state index in [4.69, 9.17) is 4.74 Å². The number of anilines is 1. The lowest BCUT2D eigenvalue weighted by Crippen LogP contribution is -2.39. The van der Waals surface area contributed by atoms with Crippen LogP contribution in [0.25, 0.3) is 11.3 Å². The molecule has 0 unspecified atom stereocenters. The summed E-state index contributed by atoms with van der Waals surface area (Å²) in [5.74, 6) is -1.07. The van der Waals surface area contributed by atoms with Gasteiger partial charge in [-0.3, -0.25) is 14.3 Å². The Hall–Kier alpha value is -4.06. The van der Waals surface area contributed by atoms with Gasteiger partial charge in [-0.25, -0.2) is 12.7 Å². The second-order valence-corrected chi connectivity index (χ2v) is 18.2. The molecule has 11 heteroatoms. The lowest BCUT2D eigenvalue weighted by molar-refractivity contribution is 0.0555. The van der Waals surface area contributed by atoms with E-state index in [1.807, 2.05) is 30.3 Å². The molecule has 4 rings (SSSR count). The van der Waals surface area contributed by atoms with Gasteiger partial charge in [-0.2, -0.15) is 5.10 Å². The van der Waals surface area contributed by atoms with Crippen LogP contribution in [0.1, 0.15) is 20.8 Å². The maximum absolute atomic E-state index is 13.6. The van der Waals surface area contributed by atoms with Gasteiger partial charge in [-0.1, -0.05) is 68.2 Å². The van der Waals surface area contributed by atoms with E-state index in [0.717, 1.165) is 15.9 Å². The number of nitrogens with zero attached hydrogens (tertiary/aromatic N) is 3. The first-order chi connectivity index (χ1) is 19.5. The summed E-state index contributed by atoms with van der Waals surface area (Å²) in [6, 6.07) is 25.9. The Bertz CT molecular complexity index is 1600. The van der Waals surface area contributed by atoms with E-state index in [1.54, 1.807) is 43.4 Å². The van der Waals surface area contributed by atoms with Crippen molar-refractivity contribution in [1.82, 2.24) is 14.1 Å². The van der Waals surface area contributed by atoms with Crippen molar-refractivity contribution in [2.24, 2.45) is 7.05 Å². The molecule has 214 valence electrons. The molecule has 3 aromatic carbocycles. The van der Waals surface area contributed by atoms with Crippen molar-refractivity contribution >= 4 is 35.6 Å². The van der Waals surface area contributed by atoms with Gasteiger partial charge in [-0.15, -0.1) is 0 Å². The van der Waals surface area contributed by atoms with Gasteiger partial charge in [0.1, 0.15) is 12.4 Å². The molecule has 1 heterocycles. The highest BCUT2D eigenvalue weighted by atomic mass is 32.2. The second-order valence-electron chi connectivity index (χ2n) is 10.8. The molecule has 0 saturated carbocycles. The summed E-state index contributed by atoms with van der Waals surface area (Å²) in [5.41, 5.74) is 2.52. The van der Waals surface area contributed by atoms with Crippen molar-refractivity contribution in [3.8, 4) is 11.3 Å². The van der Waals surface area contributed by atoms with Crippen LogP contribution in [0.2, 0.25) is 25.7 Å². The van der Waals surface area contributed by atoms with E-state index < -0.39 is 36.6 Å². The molecule has 0 aliphatic carbocycles. The summed E-state index contributed by atoms with van der Waals surface area (Å²) in [6.45, 7) is 6.53. The number of hydrogen-bond acceptors (Lipinski definition) is 6. The summed E-state index contributed by atoms with van der Waals surface area (Å²) in [6.07, 6.45) is 0. The number of benzene rings is 3. The number of amides is 2. The van der Waals surface area contributed by atoms with E-state index in [2.05, 4.69) is 30.1 Å². The molecular weight excluding hydrogens is 557 g/mol. The van der Waals surface area contributed by atoms with Crippen LogP contribution in [0.3, 0.4) is 0 Å². The number of rotatable bonds is 11. The lowest BCUT2D eigenvalue weighted by Gasteiger charge is -2.23. The molecule has 0 aliphatic heterocycles. The molecule has 0 fully saturated rings. The van der Waals surface area contributed by atoms with Gasteiger partial charge in [0.15, 0.2) is 0 Å². The third-order valence-corrected chi connectivity index (χ3v) is 9.76. The first-order valence-electron chi connectivity index (χ1n) is 13.2. The fourth-order valence-electron chi connectivity index (χ4n) is 3.95. The number of aryl methyl sites for hydroxylation is 1. The number of hydrogen-bond donors (Lipinski definition) is 1. The first kappa shape index (κ1) is 29.9. The zero-order chi connectivity index (χ0) is 29.6. The van der Waals surface area contributed by atoms with Crippen molar-refractivity contribution in [1.29, 1.82) is 0 Å². The molecule has 0 atom stereocenters. The highest BCUT2D eigenvalue weighted by molar-refractivity contribution is 7.89. The molecule has 9 nitrogen and oxygen atoms in total. The summed E-state index contributed by atoms with van der Waals surface area (Å²) in [7, 11) is -3.98.